The molecule has 0 radical (unpaired) electrons. The molecule has 0 aromatic carbocycles. The molecule has 1 heterocycles. The number of hydrogen-bond acceptors (Lipinski definition) is 3. The number of rotatable bonds is 3. The molecule has 0 atom stereocenters. The van der Waals surface area contributed by atoms with E-state index in [4.69, 9.17) is 5.73 Å². The molecule has 0 bridgehead atoms. The van der Waals surface area contributed by atoms with E-state index in [1.807, 2.05) is 11.6 Å². The molecule has 58 valence electrons. The maximum atomic E-state index is 5.32. The fourth-order valence-electron chi connectivity index (χ4n) is 0.630. The number of nitrogens with two attached hydrogens (primary N) is 1. The Morgan fingerprint density at radius 2 is 2.40 bits per heavy atom. The van der Waals surface area contributed by atoms with Gasteiger partial charge in [0.1, 0.15) is 0 Å². The Morgan fingerprint density at radius 3 is 2.90 bits per heavy atom. The monoisotopic (exact) mass is 178 g/mol. The van der Waals surface area contributed by atoms with Gasteiger partial charge in [-0.25, -0.2) is 4.98 Å². The molecule has 0 amide bonds. The van der Waals surface area contributed by atoms with Gasteiger partial charge in [-0.2, -0.15) is 0 Å². The smallest absolute Gasteiger partial charge is 0.0925 e. The average Bonchev–Trinajstić information content (AvgIpc) is 2.34. The maximum Gasteiger partial charge on any atom is 0.0925 e. The molecule has 0 aliphatic heterocycles. The summed E-state index contributed by atoms with van der Waals surface area (Å²) in [6.45, 7) is 0.763. The number of hydrogen-bond donors (Lipinski definition) is 1. The number of thiazole rings is 1. The van der Waals surface area contributed by atoms with E-state index in [1.165, 1.54) is 5.01 Å². The number of halogens is 1. The fourth-order valence-corrected chi connectivity index (χ4v) is 1.29. The molecule has 10 heavy (non-hydrogen) atoms. The Morgan fingerprint density at radius 1 is 1.60 bits per heavy atom. The van der Waals surface area contributed by atoms with Crippen LogP contribution in [0.5, 0.6) is 0 Å². The van der Waals surface area contributed by atoms with Gasteiger partial charge >= 0.3 is 0 Å². The van der Waals surface area contributed by atoms with Crippen LogP contribution in [0.1, 0.15) is 11.4 Å². The van der Waals surface area contributed by atoms with E-state index >= 15 is 0 Å². The van der Waals surface area contributed by atoms with Crippen LogP contribution in [0, 0.1) is 0 Å². The van der Waals surface area contributed by atoms with Crippen LogP contribution in [0.2, 0.25) is 0 Å². The van der Waals surface area contributed by atoms with Gasteiger partial charge in [-0.15, -0.1) is 23.7 Å². The Kier molecular flexibility index (Phi) is 5.58. The molecule has 1 aromatic rings. The summed E-state index contributed by atoms with van der Waals surface area (Å²) in [5.74, 6) is 0. The summed E-state index contributed by atoms with van der Waals surface area (Å²) in [6.07, 6.45) is 3.91. The van der Waals surface area contributed by atoms with Gasteiger partial charge in [0.15, 0.2) is 0 Å². The van der Waals surface area contributed by atoms with Gasteiger partial charge in [0.05, 0.1) is 5.01 Å². The minimum absolute atomic E-state index is 0. The van der Waals surface area contributed by atoms with Crippen molar-refractivity contribution in [3.05, 3.63) is 16.6 Å². The second-order valence-corrected chi connectivity index (χ2v) is 2.80. The summed E-state index contributed by atoms with van der Waals surface area (Å²) in [5, 5.41) is 3.19. The lowest BCUT2D eigenvalue weighted by Crippen LogP contribution is -1.99. The van der Waals surface area contributed by atoms with Crippen molar-refractivity contribution in [2.75, 3.05) is 6.54 Å². The highest BCUT2D eigenvalue weighted by Crippen LogP contribution is 2.05. The van der Waals surface area contributed by atoms with Crippen molar-refractivity contribution >= 4 is 23.7 Å². The van der Waals surface area contributed by atoms with Crippen LogP contribution in [-0.2, 0) is 6.42 Å². The van der Waals surface area contributed by atoms with E-state index in [1.54, 1.807) is 11.3 Å². The maximum absolute atomic E-state index is 5.32. The summed E-state index contributed by atoms with van der Waals surface area (Å²) >= 11 is 1.70. The Bertz CT molecular complexity index is 153. The molecule has 1 aromatic heterocycles. The van der Waals surface area contributed by atoms with E-state index in [2.05, 4.69) is 4.98 Å². The van der Waals surface area contributed by atoms with Crippen molar-refractivity contribution in [3.8, 4) is 0 Å². The van der Waals surface area contributed by atoms with E-state index in [9.17, 15) is 0 Å². The molecule has 0 fully saturated rings. The largest absolute Gasteiger partial charge is 0.330 e. The predicted octanol–water partition coefficient (Wildman–Crippen LogP) is 1.46. The molecule has 0 unspecified atom stereocenters. The summed E-state index contributed by atoms with van der Waals surface area (Å²) in [4.78, 5) is 4.12. The van der Waals surface area contributed by atoms with Crippen LogP contribution in [0.4, 0.5) is 0 Å². The highest BCUT2D eigenvalue weighted by molar-refractivity contribution is 7.09. The van der Waals surface area contributed by atoms with Crippen LogP contribution in [0.15, 0.2) is 11.6 Å². The van der Waals surface area contributed by atoms with Gasteiger partial charge in [-0.1, -0.05) is 0 Å². The van der Waals surface area contributed by atoms with E-state index < -0.39 is 0 Å². The van der Waals surface area contributed by atoms with Crippen LogP contribution in [0.3, 0.4) is 0 Å². The normalized spacial score (nSPS) is 8.90. The minimum Gasteiger partial charge on any atom is -0.330 e. The Balaban J connectivity index is 0.000000810. The van der Waals surface area contributed by atoms with Gasteiger partial charge in [0.25, 0.3) is 0 Å². The van der Waals surface area contributed by atoms with Gasteiger partial charge in [-0.05, 0) is 13.0 Å². The number of nitrogens with zero attached hydrogens (tertiary/aromatic N) is 1. The Hall–Kier alpha value is -0.120. The molecule has 0 saturated carbocycles. The second-order valence-electron chi connectivity index (χ2n) is 1.82. The Labute approximate surface area is 70.9 Å². The summed E-state index contributed by atoms with van der Waals surface area (Å²) in [7, 11) is 0. The van der Waals surface area contributed by atoms with Gasteiger partial charge < -0.3 is 5.73 Å². The van der Waals surface area contributed by atoms with E-state index in [0.717, 1.165) is 19.4 Å². The summed E-state index contributed by atoms with van der Waals surface area (Å²) in [5.41, 5.74) is 5.32. The first-order chi connectivity index (χ1) is 4.43. The van der Waals surface area contributed by atoms with E-state index in [0.29, 0.717) is 0 Å². The molecular weight excluding hydrogens is 168 g/mol. The van der Waals surface area contributed by atoms with Gasteiger partial charge in [0, 0.05) is 18.0 Å². The van der Waals surface area contributed by atoms with Crippen LogP contribution in [0.25, 0.3) is 0 Å². The first-order valence-corrected chi connectivity index (χ1v) is 3.90. The molecule has 2 N–H and O–H groups in total. The molecule has 0 aliphatic carbocycles. The van der Waals surface area contributed by atoms with E-state index in [-0.39, 0.29) is 12.4 Å². The third-order valence-corrected chi connectivity index (χ3v) is 1.92. The zero-order chi connectivity index (χ0) is 6.53. The molecule has 0 saturated heterocycles. The predicted molar refractivity (Wildman–Crippen MR) is 46.7 cm³/mol. The fraction of sp³-hybridized carbons (Fsp3) is 0.500. The van der Waals surface area contributed by atoms with Crippen molar-refractivity contribution in [1.82, 2.24) is 4.98 Å². The molecule has 0 spiro atoms. The van der Waals surface area contributed by atoms with Gasteiger partial charge in [0.2, 0.25) is 0 Å². The van der Waals surface area contributed by atoms with Crippen molar-refractivity contribution < 1.29 is 0 Å². The van der Waals surface area contributed by atoms with Crippen molar-refractivity contribution in [1.29, 1.82) is 0 Å². The minimum atomic E-state index is 0. The van der Waals surface area contributed by atoms with Crippen LogP contribution in [-0.4, -0.2) is 11.5 Å². The zero-order valence-electron chi connectivity index (χ0n) is 5.62. The average molecular weight is 179 g/mol. The molecular formula is C6H11ClN2S. The lowest BCUT2D eigenvalue weighted by atomic mass is 10.3. The first kappa shape index (κ1) is 9.88. The number of aryl methyl sites for hydroxylation is 1. The quantitative estimate of drug-likeness (QED) is 0.761. The summed E-state index contributed by atoms with van der Waals surface area (Å²) < 4.78 is 0. The lowest BCUT2D eigenvalue weighted by molar-refractivity contribution is 0.826. The van der Waals surface area contributed by atoms with Crippen LogP contribution < -0.4 is 5.73 Å². The molecule has 2 nitrogen and oxygen atoms in total. The topological polar surface area (TPSA) is 38.9 Å². The highest BCUT2D eigenvalue weighted by Gasteiger charge is 1.91. The van der Waals surface area contributed by atoms with Crippen molar-refractivity contribution in [2.24, 2.45) is 5.73 Å². The summed E-state index contributed by atoms with van der Waals surface area (Å²) in [6, 6.07) is 0. The third-order valence-electron chi connectivity index (χ3n) is 1.08. The van der Waals surface area contributed by atoms with Gasteiger partial charge in [-0.3, -0.25) is 0 Å². The molecule has 0 aliphatic rings. The third kappa shape index (κ3) is 3.15. The first-order valence-electron chi connectivity index (χ1n) is 3.02. The van der Waals surface area contributed by atoms with Crippen LogP contribution >= 0.6 is 23.7 Å². The molecule has 1 rings (SSSR count). The SMILES string of the molecule is Cl.NCCCc1nccs1. The number of aromatic nitrogens is 1. The zero-order valence-corrected chi connectivity index (χ0v) is 7.25. The van der Waals surface area contributed by atoms with Crippen molar-refractivity contribution in [3.63, 3.8) is 0 Å². The second kappa shape index (κ2) is 5.65. The standard InChI is InChI=1S/C6H10N2S.ClH/c7-3-1-2-6-8-4-5-9-6;/h4-5H,1-3,7H2;1H. The lowest BCUT2D eigenvalue weighted by Gasteiger charge is -1.89. The van der Waals surface area contributed by atoms with Crippen molar-refractivity contribution in [2.45, 2.75) is 12.8 Å². The molecule has 4 heteroatoms. The highest BCUT2D eigenvalue weighted by atomic mass is 35.5.